The van der Waals surface area contributed by atoms with E-state index in [1.54, 1.807) is 72.7 Å². The number of amides is 2. The van der Waals surface area contributed by atoms with E-state index in [-0.39, 0.29) is 32.2 Å². The van der Waals surface area contributed by atoms with Crippen molar-refractivity contribution in [2.75, 3.05) is 33.5 Å². The van der Waals surface area contributed by atoms with Crippen molar-refractivity contribution in [2.24, 2.45) is 0 Å². The molecule has 2 saturated heterocycles. The van der Waals surface area contributed by atoms with Crippen molar-refractivity contribution in [1.29, 1.82) is 0 Å². The van der Waals surface area contributed by atoms with E-state index in [1.807, 2.05) is 26.0 Å². The summed E-state index contributed by atoms with van der Waals surface area (Å²) in [5.74, 6) is -1.50. The normalized spacial score (nSPS) is 20.8. The number of halogens is 2. The molecule has 250 valence electrons. The van der Waals surface area contributed by atoms with Gasteiger partial charge in [-0.2, -0.15) is 0 Å². The molecule has 2 unspecified atom stereocenters. The number of benzene rings is 4. The first kappa shape index (κ1) is 32.9. The number of hydrogen-bond donors (Lipinski definition) is 0. The van der Waals surface area contributed by atoms with Gasteiger partial charge in [0, 0.05) is 13.1 Å². The highest BCUT2D eigenvalue weighted by molar-refractivity contribution is 5.84. The van der Waals surface area contributed by atoms with Crippen LogP contribution < -0.4 is 14.2 Å². The summed E-state index contributed by atoms with van der Waals surface area (Å²) in [5, 5.41) is 0. The van der Waals surface area contributed by atoms with Crippen LogP contribution in [0.25, 0.3) is 0 Å². The predicted molar refractivity (Wildman–Crippen MR) is 171 cm³/mol. The van der Waals surface area contributed by atoms with E-state index in [2.05, 4.69) is 0 Å². The zero-order valence-corrected chi connectivity index (χ0v) is 26.9. The molecule has 9 nitrogen and oxygen atoms in total. The lowest BCUT2D eigenvalue weighted by Gasteiger charge is -2.52. The highest BCUT2D eigenvalue weighted by atomic mass is 19.2. The molecule has 0 bridgehead atoms. The highest BCUT2D eigenvalue weighted by Gasteiger charge is 2.71. The van der Waals surface area contributed by atoms with Gasteiger partial charge in [0.25, 0.3) is 11.8 Å². The molecule has 2 aliphatic rings. The fraction of sp³-hybridized carbons (Fsp3) is 0.297. The number of para-hydroxylation sites is 2. The minimum Gasteiger partial charge on any atom is -0.497 e. The Hall–Kier alpha value is -5.00. The smallest absolute Gasteiger partial charge is 0.251 e. The van der Waals surface area contributed by atoms with E-state index in [4.69, 9.17) is 23.7 Å². The van der Waals surface area contributed by atoms with Crippen LogP contribution in [0.2, 0.25) is 0 Å². The molecular formula is C37H36F2N2O7. The third-order valence-corrected chi connectivity index (χ3v) is 8.56. The lowest BCUT2D eigenvalue weighted by molar-refractivity contribution is -0.286. The molecule has 2 fully saturated rings. The summed E-state index contributed by atoms with van der Waals surface area (Å²) in [6.07, 6.45) is 0. The van der Waals surface area contributed by atoms with Gasteiger partial charge in [-0.25, -0.2) is 8.78 Å². The third kappa shape index (κ3) is 5.52. The van der Waals surface area contributed by atoms with Gasteiger partial charge in [0.2, 0.25) is 11.4 Å². The molecule has 0 spiro atoms. The van der Waals surface area contributed by atoms with Crippen LogP contribution in [0.3, 0.4) is 0 Å². The van der Waals surface area contributed by atoms with Crippen molar-refractivity contribution in [3.8, 4) is 17.2 Å². The molecule has 0 aliphatic carbocycles. The third-order valence-electron chi connectivity index (χ3n) is 8.56. The number of nitrogens with zero attached hydrogens (tertiary/aromatic N) is 2. The van der Waals surface area contributed by atoms with E-state index in [0.29, 0.717) is 40.5 Å². The van der Waals surface area contributed by atoms with Crippen molar-refractivity contribution in [2.45, 2.75) is 38.4 Å². The SMILES string of the molecule is CCOc1ccccc1C1(C2(c3ccccc3OCC)OCC(=O)N2Cc2ccc(F)c(F)c2)OCC(=O)N1Cc1ccc(OC)cc1. The van der Waals surface area contributed by atoms with Crippen LogP contribution >= 0.6 is 0 Å². The van der Waals surface area contributed by atoms with Gasteiger partial charge in [-0.05, 0) is 61.4 Å². The van der Waals surface area contributed by atoms with Crippen molar-refractivity contribution in [1.82, 2.24) is 9.80 Å². The van der Waals surface area contributed by atoms with Gasteiger partial charge in [-0.3, -0.25) is 19.4 Å². The first-order chi connectivity index (χ1) is 23.3. The Labute approximate surface area is 277 Å². The summed E-state index contributed by atoms with van der Waals surface area (Å²) in [5.41, 5.74) is -1.95. The van der Waals surface area contributed by atoms with E-state index < -0.39 is 35.6 Å². The first-order valence-corrected chi connectivity index (χ1v) is 15.7. The molecule has 6 rings (SSSR count). The first-order valence-electron chi connectivity index (χ1n) is 15.7. The Kier molecular flexibility index (Phi) is 9.34. The minimum atomic E-state index is -1.92. The number of methoxy groups -OCH3 is 1. The molecule has 2 aliphatic heterocycles. The average Bonchev–Trinajstić information content (AvgIpc) is 3.60. The van der Waals surface area contributed by atoms with Crippen molar-refractivity contribution < 1.29 is 42.1 Å². The number of ether oxygens (including phenoxy) is 5. The summed E-state index contributed by atoms with van der Waals surface area (Å²) in [7, 11) is 1.57. The molecule has 2 heterocycles. The van der Waals surface area contributed by atoms with E-state index in [9.17, 15) is 18.4 Å². The molecule has 2 atom stereocenters. The summed E-state index contributed by atoms with van der Waals surface area (Å²) >= 11 is 0. The number of carbonyl (C=O) groups is 2. The standard InChI is InChI=1S/C37H36F2N2O7/c1-4-45-32-12-8-6-10-28(32)36(40(34(42)23-47-36)21-25-14-17-27(44-3)18-15-25)37(29-11-7-9-13-33(29)46-5-2)41(35(43)24-48-37)22-26-16-19-30(38)31(39)20-26/h6-20H,4-5,21-24H2,1-3H3. The monoisotopic (exact) mass is 658 g/mol. The van der Waals surface area contributed by atoms with Crippen molar-refractivity contribution in [3.05, 3.63) is 125 Å². The maximum Gasteiger partial charge on any atom is 0.251 e. The summed E-state index contributed by atoms with van der Waals surface area (Å²) < 4.78 is 59.8. The molecule has 4 aromatic carbocycles. The summed E-state index contributed by atoms with van der Waals surface area (Å²) in [4.78, 5) is 31.3. The van der Waals surface area contributed by atoms with Crippen LogP contribution in [0.15, 0.2) is 91.0 Å². The Balaban J connectivity index is 1.68. The number of rotatable bonds is 12. The van der Waals surface area contributed by atoms with Gasteiger partial charge in [-0.1, -0.05) is 54.6 Å². The van der Waals surface area contributed by atoms with Crippen molar-refractivity contribution >= 4 is 11.8 Å². The van der Waals surface area contributed by atoms with Gasteiger partial charge in [0.15, 0.2) is 11.6 Å². The highest BCUT2D eigenvalue weighted by Crippen LogP contribution is 2.59. The molecule has 0 N–H and O–H groups in total. The van der Waals surface area contributed by atoms with Crippen molar-refractivity contribution in [3.63, 3.8) is 0 Å². The van der Waals surface area contributed by atoms with Crippen LogP contribution in [0.5, 0.6) is 17.2 Å². The van der Waals surface area contributed by atoms with Crippen LogP contribution in [0.1, 0.15) is 36.1 Å². The molecule has 11 heteroatoms. The van der Waals surface area contributed by atoms with E-state index in [0.717, 1.165) is 17.7 Å². The fourth-order valence-electron chi connectivity index (χ4n) is 6.56. The second kappa shape index (κ2) is 13.6. The van der Waals surface area contributed by atoms with Crippen LogP contribution in [0, 0.1) is 11.6 Å². The van der Waals surface area contributed by atoms with Crippen LogP contribution in [-0.2, 0) is 43.6 Å². The fourth-order valence-corrected chi connectivity index (χ4v) is 6.56. The van der Waals surface area contributed by atoms with Gasteiger partial charge >= 0.3 is 0 Å². The van der Waals surface area contributed by atoms with Gasteiger partial charge in [0.1, 0.15) is 30.5 Å². The molecular weight excluding hydrogens is 622 g/mol. The largest absolute Gasteiger partial charge is 0.497 e. The number of carbonyl (C=O) groups excluding carboxylic acids is 2. The Morgan fingerprint density at radius 2 is 1.15 bits per heavy atom. The maximum atomic E-state index is 14.6. The zero-order chi connectivity index (χ0) is 33.9. The Morgan fingerprint density at radius 1 is 0.667 bits per heavy atom. The molecule has 2 amide bonds. The molecule has 0 saturated carbocycles. The van der Waals surface area contributed by atoms with Gasteiger partial charge in [0.05, 0.1) is 31.5 Å². The molecule has 48 heavy (non-hydrogen) atoms. The predicted octanol–water partition coefficient (Wildman–Crippen LogP) is 5.89. The quantitative estimate of drug-likeness (QED) is 0.188. The average molecular weight is 659 g/mol. The minimum absolute atomic E-state index is 0.0401. The van der Waals surface area contributed by atoms with Gasteiger partial charge in [-0.15, -0.1) is 0 Å². The number of hydrogen-bond acceptors (Lipinski definition) is 7. The second-order valence-electron chi connectivity index (χ2n) is 11.3. The van der Waals surface area contributed by atoms with Crippen LogP contribution in [-0.4, -0.2) is 55.2 Å². The second-order valence-corrected chi connectivity index (χ2v) is 11.3. The van der Waals surface area contributed by atoms with E-state index in [1.165, 1.54) is 11.0 Å². The van der Waals surface area contributed by atoms with Gasteiger partial charge < -0.3 is 23.7 Å². The molecule has 4 aromatic rings. The topological polar surface area (TPSA) is 86.8 Å². The zero-order valence-electron chi connectivity index (χ0n) is 26.9. The van der Waals surface area contributed by atoms with Crippen LogP contribution in [0.4, 0.5) is 8.78 Å². The molecule has 0 aromatic heterocycles. The lowest BCUT2D eigenvalue weighted by atomic mass is 9.81. The Bertz CT molecular complexity index is 1800. The maximum absolute atomic E-state index is 14.6. The lowest BCUT2D eigenvalue weighted by Crippen LogP contribution is -2.65. The Morgan fingerprint density at radius 3 is 1.62 bits per heavy atom. The van der Waals surface area contributed by atoms with E-state index >= 15 is 0 Å². The molecule has 0 radical (unpaired) electrons. The summed E-state index contributed by atoms with van der Waals surface area (Å²) in [6, 6.07) is 24.9. The summed E-state index contributed by atoms with van der Waals surface area (Å²) in [6.45, 7) is 3.30.